The molecule has 0 radical (unpaired) electrons. The third-order valence-corrected chi connectivity index (χ3v) is 6.66. The Morgan fingerprint density at radius 3 is 2.69 bits per heavy atom. The van der Waals surface area contributed by atoms with Crippen LogP contribution in [0.4, 0.5) is 0 Å². The van der Waals surface area contributed by atoms with Gasteiger partial charge >= 0.3 is 0 Å². The summed E-state index contributed by atoms with van der Waals surface area (Å²) in [5.41, 5.74) is 5.66. The van der Waals surface area contributed by atoms with E-state index in [-0.39, 0.29) is 29.8 Å². The van der Waals surface area contributed by atoms with Crippen molar-refractivity contribution in [1.82, 2.24) is 9.62 Å². The summed E-state index contributed by atoms with van der Waals surface area (Å²) in [5, 5.41) is 13.4. The van der Waals surface area contributed by atoms with E-state index in [9.17, 15) is 18.3 Å². The third-order valence-electron chi connectivity index (χ3n) is 4.78. The van der Waals surface area contributed by atoms with Gasteiger partial charge in [0.25, 0.3) is 0 Å². The van der Waals surface area contributed by atoms with Crippen molar-refractivity contribution in [3.8, 4) is 0 Å². The van der Waals surface area contributed by atoms with Gasteiger partial charge in [0.05, 0.1) is 23.0 Å². The predicted octanol–water partition coefficient (Wildman–Crippen LogP) is 0.692. The number of hydrogen-bond acceptors (Lipinski definition) is 5. The molecule has 2 unspecified atom stereocenters. The number of carbonyl (C=O) groups excluding carboxylic acids is 1. The summed E-state index contributed by atoms with van der Waals surface area (Å²) in [4.78, 5) is 12.6. The Morgan fingerprint density at radius 1 is 1.38 bits per heavy atom. The monoisotopic (exact) mass is 383 g/mol. The first kappa shape index (κ1) is 20.8. The van der Waals surface area contributed by atoms with Gasteiger partial charge in [-0.1, -0.05) is 31.5 Å². The van der Waals surface area contributed by atoms with Crippen LogP contribution < -0.4 is 11.1 Å². The van der Waals surface area contributed by atoms with Crippen molar-refractivity contribution in [2.45, 2.75) is 49.6 Å². The molecule has 0 aromatic heterocycles. The van der Waals surface area contributed by atoms with E-state index in [0.29, 0.717) is 25.8 Å². The standard InChI is InChI=1S/C18H29N3O4S/c1-2-7-14(12-19)18(23)20-16-10-6-11-21(13-17(16)22)26(24,25)15-8-4-3-5-9-15/h3-5,8-9,14,16-17,22H,2,6-7,10-13,19H2,1H3,(H,20,23)/t14-,16?,17?/m0/s1. The number of carbonyl (C=O) groups is 1. The minimum Gasteiger partial charge on any atom is -0.390 e. The van der Waals surface area contributed by atoms with E-state index < -0.39 is 22.2 Å². The molecule has 146 valence electrons. The number of aliphatic hydroxyl groups is 1. The van der Waals surface area contributed by atoms with Crippen LogP contribution in [0.15, 0.2) is 35.2 Å². The van der Waals surface area contributed by atoms with E-state index in [1.165, 1.54) is 4.31 Å². The lowest BCUT2D eigenvalue weighted by atomic mass is 10.0. The average Bonchev–Trinajstić information content (AvgIpc) is 2.82. The minimum atomic E-state index is -3.66. The first-order chi connectivity index (χ1) is 12.4. The molecule has 0 aliphatic carbocycles. The first-order valence-corrected chi connectivity index (χ1v) is 10.6. The zero-order valence-corrected chi connectivity index (χ0v) is 16.0. The number of sulfonamides is 1. The zero-order valence-electron chi connectivity index (χ0n) is 15.2. The second-order valence-corrected chi connectivity index (χ2v) is 8.66. The van der Waals surface area contributed by atoms with Crippen LogP contribution in [-0.4, -0.2) is 55.5 Å². The zero-order chi connectivity index (χ0) is 19.2. The van der Waals surface area contributed by atoms with E-state index >= 15 is 0 Å². The molecule has 1 heterocycles. The van der Waals surface area contributed by atoms with Gasteiger partial charge in [-0.05, 0) is 31.4 Å². The third kappa shape index (κ3) is 5.03. The summed E-state index contributed by atoms with van der Waals surface area (Å²) in [7, 11) is -3.66. The number of β-amino-alcohol motifs (C(OH)–C–C–N with tert-alkyl or cyclic N) is 1. The Morgan fingerprint density at radius 2 is 2.08 bits per heavy atom. The molecule has 1 fully saturated rings. The Bertz CT molecular complexity index is 681. The molecule has 0 bridgehead atoms. The summed E-state index contributed by atoms with van der Waals surface area (Å²) in [6, 6.07) is 7.72. The molecule has 1 amide bonds. The molecule has 7 nitrogen and oxygen atoms in total. The van der Waals surface area contributed by atoms with Gasteiger partial charge in [0.15, 0.2) is 0 Å². The topological polar surface area (TPSA) is 113 Å². The average molecular weight is 384 g/mol. The highest BCUT2D eigenvalue weighted by Crippen LogP contribution is 2.21. The smallest absolute Gasteiger partial charge is 0.243 e. The van der Waals surface area contributed by atoms with E-state index in [2.05, 4.69) is 5.32 Å². The molecule has 2 rings (SSSR count). The molecule has 1 saturated heterocycles. The van der Waals surface area contributed by atoms with Crippen molar-refractivity contribution in [2.75, 3.05) is 19.6 Å². The van der Waals surface area contributed by atoms with Gasteiger partial charge in [0.1, 0.15) is 0 Å². The number of aliphatic hydroxyl groups excluding tert-OH is 1. The molecule has 1 aliphatic rings. The second kappa shape index (κ2) is 9.45. The van der Waals surface area contributed by atoms with Crippen LogP contribution in [0.2, 0.25) is 0 Å². The van der Waals surface area contributed by atoms with E-state index in [4.69, 9.17) is 5.73 Å². The number of hydrogen-bond donors (Lipinski definition) is 3. The molecule has 8 heteroatoms. The van der Waals surface area contributed by atoms with Crippen LogP contribution in [-0.2, 0) is 14.8 Å². The van der Waals surface area contributed by atoms with Gasteiger partial charge in [-0.15, -0.1) is 0 Å². The number of amides is 1. The summed E-state index contributed by atoms with van der Waals surface area (Å²) in [6.07, 6.45) is 1.68. The number of rotatable bonds is 7. The van der Waals surface area contributed by atoms with Gasteiger partial charge in [-0.25, -0.2) is 8.42 Å². The van der Waals surface area contributed by atoms with Crippen molar-refractivity contribution in [3.05, 3.63) is 30.3 Å². The van der Waals surface area contributed by atoms with E-state index in [0.717, 1.165) is 6.42 Å². The molecule has 26 heavy (non-hydrogen) atoms. The SMILES string of the molecule is CCC[C@@H](CN)C(=O)NC1CCCN(S(=O)(=O)c2ccccc2)CC1O. The highest BCUT2D eigenvalue weighted by Gasteiger charge is 2.33. The molecule has 1 aliphatic heterocycles. The van der Waals surface area contributed by atoms with Gasteiger partial charge in [0, 0.05) is 19.6 Å². The van der Waals surface area contributed by atoms with Crippen LogP contribution in [0.3, 0.4) is 0 Å². The van der Waals surface area contributed by atoms with Gasteiger partial charge in [-0.2, -0.15) is 4.31 Å². The summed E-state index contributed by atoms with van der Waals surface area (Å²) >= 11 is 0. The second-order valence-electron chi connectivity index (χ2n) is 6.72. The van der Waals surface area contributed by atoms with Crippen molar-refractivity contribution in [1.29, 1.82) is 0 Å². The quantitative estimate of drug-likeness (QED) is 0.641. The normalized spacial score (nSPS) is 23.2. The van der Waals surface area contributed by atoms with Crippen LogP contribution in [0.25, 0.3) is 0 Å². The molecule has 1 aromatic rings. The summed E-state index contributed by atoms with van der Waals surface area (Å²) < 4.78 is 26.8. The fraction of sp³-hybridized carbons (Fsp3) is 0.611. The summed E-state index contributed by atoms with van der Waals surface area (Å²) in [5.74, 6) is -0.447. The van der Waals surface area contributed by atoms with Gasteiger partial charge < -0.3 is 16.2 Å². The molecule has 0 saturated carbocycles. The number of benzene rings is 1. The Kier molecular flexibility index (Phi) is 7.57. The molecule has 1 aromatic carbocycles. The number of nitrogens with zero attached hydrogens (tertiary/aromatic N) is 1. The Labute approximate surface area is 155 Å². The largest absolute Gasteiger partial charge is 0.390 e. The first-order valence-electron chi connectivity index (χ1n) is 9.13. The number of nitrogens with two attached hydrogens (primary N) is 1. The van der Waals surface area contributed by atoms with Crippen molar-refractivity contribution in [2.24, 2.45) is 11.7 Å². The highest BCUT2D eigenvalue weighted by molar-refractivity contribution is 7.89. The van der Waals surface area contributed by atoms with Crippen LogP contribution in [0, 0.1) is 5.92 Å². The van der Waals surface area contributed by atoms with Crippen LogP contribution in [0.1, 0.15) is 32.6 Å². The Balaban J connectivity index is 2.06. The fourth-order valence-corrected chi connectivity index (χ4v) is 4.76. The van der Waals surface area contributed by atoms with Crippen molar-refractivity contribution in [3.63, 3.8) is 0 Å². The maximum absolute atomic E-state index is 12.8. The highest BCUT2D eigenvalue weighted by atomic mass is 32.2. The maximum Gasteiger partial charge on any atom is 0.243 e. The minimum absolute atomic E-state index is 0.0384. The lowest BCUT2D eigenvalue weighted by Crippen LogP contribution is -2.49. The Hall–Kier alpha value is -1.48. The molecular formula is C18H29N3O4S. The van der Waals surface area contributed by atoms with E-state index in [1.807, 2.05) is 6.92 Å². The van der Waals surface area contributed by atoms with Crippen LogP contribution in [0.5, 0.6) is 0 Å². The fourth-order valence-electron chi connectivity index (χ4n) is 3.24. The van der Waals surface area contributed by atoms with Crippen molar-refractivity contribution < 1.29 is 18.3 Å². The molecule has 0 spiro atoms. The molecular weight excluding hydrogens is 354 g/mol. The predicted molar refractivity (Wildman–Crippen MR) is 99.8 cm³/mol. The summed E-state index contributed by atoms with van der Waals surface area (Å²) in [6.45, 7) is 2.53. The maximum atomic E-state index is 12.8. The molecule has 3 atom stereocenters. The lowest BCUT2D eigenvalue weighted by molar-refractivity contribution is -0.126. The molecule has 4 N–H and O–H groups in total. The van der Waals surface area contributed by atoms with Crippen LogP contribution >= 0.6 is 0 Å². The van der Waals surface area contributed by atoms with Gasteiger partial charge in [-0.3, -0.25) is 4.79 Å². The van der Waals surface area contributed by atoms with E-state index in [1.54, 1.807) is 30.3 Å². The lowest BCUT2D eigenvalue weighted by Gasteiger charge is -2.26. The van der Waals surface area contributed by atoms with Gasteiger partial charge in [0.2, 0.25) is 15.9 Å². The number of nitrogens with one attached hydrogen (secondary N) is 1. The van der Waals surface area contributed by atoms with Crippen molar-refractivity contribution >= 4 is 15.9 Å².